The second-order valence-corrected chi connectivity index (χ2v) is 2.31. The van der Waals surface area contributed by atoms with E-state index in [-0.39, 0.29) is 5.88 Å². The highest BCUT2D eigenvalue weighted by Crippen LogP contribution is 2.16. The fourth-order valence-corrected chi connectivity index (χ4v) is 0.790. The highest BCUT2D eigenvalue weighted by atomic mass is 16.6. The second kappa shape index (κ2) is 4.76. The summed E-state index contributed by atoms with van der Waals surface area (Å²) < 4.78 is 4.82. The Balaban J connectivity index is 2.68. The van der Waals surface area contributed by atoms with E-state index in [0.29, 0.717) is 12.0 Å². The van der Waals surface area contributed by atoms with E-state index in [2.05, 4.69) is 0 Å². The van der Waals surface area contributed by atoms with Crippen molar-refractivity contribution in [3.63, 3.8) is 0 Å². The SMILES string of the molecule is O=CC=CC=Cc1ccc([N+](=O)[O-])o1. The first kappa shape index (κ1) is 9.91. The van der Waals surface area contributed by atoms with E-state index in [0.717, 1.165) is 0 Å². The molecule has 72 valence electrons. The van der Waals surface area contributed by atoms with Crippen molar-refractivity contribution in [1.82, 2.24) is 0 Å². The van der Waals surface area contributed by atoms with Crippen LogP contribution >= 0.6 is 0 Å². The summed E-state index contributed by atoms with van der Waals surface area (Å²) >= 11 is 0. The van der Waals surface area contributed by atoms with Crippen LogP contribution in [0.3, 0.4) is 0 Å². The maximum atomic E-state index is 10.2. The molecule has 0 aliphatic carbocycles. The average Bonchev–Trinajstić information content (AvgIpc) is 2.61. The third-order valence-electron chi connectivity index (χ3n) is 1.35. The van der Waals surface area contributed by atoms with E-state index in [1.807, 2.05) is 0 Å². The van der Waals surface area contributed by atoms with Gasteiger partial charge in [-0.2, -0.15) is 0 Å². The van der Waals surface area contributed by atoms with Crippen LogP contribution in [0.15, 0.2) is 34.8 Å². The molecular formula is C9H7NO4. The normalized spacial score (nSPS) is 11.1. The largest absolute Gasteiger partial charge is 0.433 e. The summed E-state index contributed by atoms with van der Waals surface area (Å²) in [5, 5.41) is 10.2. The number of furan rings is 1. The van der Waals surface area contributed by atoms with Crippen LogP contribution < -0.4 is 0 Å². The van der Waals surface area contributed by atoms with Crippen LogP contribution in [0.25, 0.3) is 6.08 Å². The summed E-state index contributed by atoms with van der Waals surface area (Å²) in [6.07, 6.45) is 6.51. The Kier molecular flexibility index (Phi) is 3.37. The molecule has 0 bridgehead atoms. The molecule has 0 aliphatic heterocycles. The van der Waals surface area contributed by atoms with Crippen LogP contribution in [0.5, 0.6) is 0 Å². The van der Waals surface area contributed by atoms with Gasteiger partial charge in [-0.15, -0.1) is 0 Å². The van der Waals surface area contributed by atoms with Gasteiger partial charge in [-0.05, 0) is 18.2 Å². The van der Waals surface area contributed by atoms with Gasteiger partial charge in [0.1, 0.15) is 17.0 Å². The maximum Gasteiger partial charge on any atom is 0.433 e. The summed E-state index contributed by atoms with van der Waals surface area (Å²) in [5.74, 6) is 0.0660. The number of hydrogen-bond donors (Lipinski definition) is 0. The van der Waals surface area contributed by atoms with Crippen LogP contribution in [-0.2, 0) is 4.79 Å². The molecule has 0 aromatic carbocycles. The molecule has 0 N–H and O–H groups in total. The van der Waals surface area contributed by atoms with E-state index in [1.54, 1.807) is 6.08 Å². The third kappa shape index (κ3) is 2.71. The standard InChI is InChI=1S/C9H7NO4/c11-7-3-1-2-4-8-5-6-9(14-8)10(12)13/h1-7H. The molecule has 5 heteroatoms. The molecule has 0 saturated carbocycles. The van der Waals surface area contributed by atoms with Crippen LogP contribution in [0.1, 0.15) is 5.76 Å². The lowest BCUT2D eigenvalue weighted by Crippen LogP contribution is -1.82. The molecule has 0 atom stereocenters. The minimum atomic E-state index is -0.612. The molecule has 0 radical (unpaired) electrons. The van der Waals surface area contributed by atoms with Gasteiger partial charge in [0.15, 0.2) is 0 Å². The predicted molar refractivity (Wildman–Crippen MR) is 49.6 cm³/mol. The molecule has 5 nitrogen and oxygen atoms in total. The van der Waals surface area contributed by atoms with Crippen LogP contribution in [0.4, 0.5) is 5.88 Å². The zero-order chi connectivity index (χ0) is 10.4. The summed E-state index contributed by atoms with van der Waals surface area (Å²) in [6.45, 7) is 0. The lowest BCUT2D eigenvalue weighted by Gasteiger charge is -1.82. The molecule has 0 aliphatic rings. The van der Waals surface area contributed by atoms with Gasteiger partial charge in [0.25, 0.3) is 0 Å². The highest BCUT2D eigenvalue weighted by molar-refractivity contribution is 5.66. The fourth-order valence-electron chi connectivity index (χ4n) is 0.790. The van der Waals surface area contributed by atoms with E-state index in [9.17, 15) is 14.9 Å². The molecule has 0 spiro atoms. The number of carbonyl (C=O) groups excluding carboxylic acids is 1. The quantitative estimate of drug-likeness (QED) is 0.241. The molecule has 0 amide bonds. The van der Waals surface area contributed by atoms with Gasteiger partial charge in [-0.25, -0.2) is 0 Å². The Labute approximate surface area is 79.5 Å². The second-order valence-electron chi connectivity index (χ2n) is 2.31. The molecule has 0 fully saturated rings. The summed E-state index contributed by atoms with van der Waals surface area (Å²) in [5.41, 5.74) is 0. The number of carbonyl (C=O) groups is 1. The van der Waals surface area contributed by atoms with E-state index in [1.165, 1.54) is 30.4 Å². The van der Waals surface area contributed by atoms with Crippen molar-refractivity contribution in [2.75, 3.05) is 0 Å². The smallest absolute Gasteiger partial charge is 0.401 e. The Morgan fingerprint density at radius 1 is 1.29 bits per heavy atom. The lowest BCUT2D eigenvalue weighted by molar-refractivity contribution is -0.402. The molecule has 14 heavy (non-hydrogen) atoms. The molecule has 1 aromatic rings. The topological polar surface area (TPSA) is 73.3 Å². The van der Waals surface area contributed by atoms with Crippen molar-refractivity contribution >= 4 is 18.2 Å². The number of hydrogen-bond acceptors (Lipinski definition) is 4. The van der Waals surface area contributed by atoms with Crippen molar-refractivity contribution in [3.05, 3.63) is 46.2 Å². The Hall–Kier alpha value is -2.17. The summed E-state index contributed by atoms with van der Waals surface area (Å²) in [6, 6.07) is 2.74. The Morgan fingerprint density at radius 3 is 2.64 bits per heavy atom. The predicted octanol–water partition coefficient (Wildman–Crippen LogP) is 1.96. The Morgan fingerprint density at radius 2 is 2.07 bits per heavy atom. The molecule has 1 heterocycles. The van der Waals surface area contributed by atoms with Crippen molar-refractivity contribution in [3.8, 4) is 0 Å². The van der Waals surface area contributed by atoms with Gasteiger partial charge < -0.3 is 4.42 Å². The van der Waals surface area contributed by atoms with Gasteiger partial charge in [0.05, 0.1) is 6.07 Å². The zero-order valence-electron chi connectivity index (χ0n) is 7.12. The molecule has 0 saturated heterocycles. The molecule has 1 rings (SSSR count). The van der Waals surface area contributed by atoms with E-state index in [4.69, 9.17) is 4.42 Å². The first-order valence-electron chi connectivity index (χ1n) is 3.77. The van der Waals surface area contributed by atoms with Crippen molar-refractivity contribution in [2.45, 2.75) is 0 Å². The van der Waals surface area contributed by atoms with Crippen molar-refractivity contribution < 1.29 is 14.1 Å². The fraction of sp³-hybridized carbons (Fsp3) is 0. The molecular weight excluding hydrogens is 186 g/mol. The monoisotopic (exact) mass is 193 g/mol. The highest BCUT2D eigenvalue weighted by Gasteiger charge is 2.09. The van der Waals surface area contributed by atoms with Gasteiger partial charge >= 0.3 is 5.88 Å². The van der Waals surface area contributed by atoms with E-state index < -0.39 is 4.92 Å². The zero-order valence-corrected chi connectivity index (χ0v) is 7.12. The van der Waals surface area contributed by atoms with Crippen LogP contribution in [0, 0.1) is 10.1 Å². The van der Waals surface area contributed by atoms with Gasteiger partial charge in [0, 0.05) is 0 Å². The lowest BCUT2D eigenvalue weighted by atomic mass is 10.4. The van der Waals surface area contributed by atoms with Gasteiger partial charge in [0.2, 0.25) is 0 Å². The minimum absolute atomic E-state index is 0.302. The van der Waals surface area contributed by atoms with Gasteiger partial charge in [-0.1, -0.05) is 12.2 Å². The third-order valence-corrected chi connectivity index (χ3v) is 1.35. The van der Waals surface area contributed by atoms with Crippen molar-refractivity contribution in [1.29, 1.82) is 0 Å². The number of rotatable bonds is 4. The number of nitrogens with zero attached hydrogens (tertiary/aromatic N) is 1. The number of aldehydes is 1. The summed E-state index contributed by atoms with van der Waals surface area (Å²) in [4.78, 5) is 19.5. The molecule has 0 unspecified atom stereocenters. The maximum absolute atomic E-state index is 10.2. The number of allylic oxidation sites excluding steroid dienone is 3. The average molecular weight is 193 g/mol. The first-order valence-corrected chi connectivity index (χ1v) is 3.77. The number of nitro groups is 1. The van der Waals surface area contributed by atoms with Crippen LogP contribution in [0.2, 0.25) is 0 Å². The first-order chi connectivity index (χ1) is 6.74. The summed E-state index contributed by atoms with van der Waals surface area (Å²) in [7, 11) is 0. The van der Waals surface area contributed by atoms with Crippen LogP contribution in [-0.4, -0.2) is 11.2 Å². The molecule has 1 aromatic heterocycles. The van der Waals surface area contributed by atoms with E-state index >= 15 is 0 Å². The minimum Gasteiger partial charge on any atom is -0.401 e. The van der Waals surface area contributed by atoms with Crippen molar-refractivity contribution in [2.24, 2.45) is 0 Å². The Bertz CT molecular complexity index is 389. The van der Waals surface area contributed by atoms with Gasteiger partial charge in [-0.3, -0.25) is 14.9 Å².